The summed E-state index contributed by atoms with van der Waals surface area (Å²) >= 11 is 0. The fourth-order valence-corrected chi connectivity index (χ4v) is 2.44. The number of H-pyrrole nitrogens is 1. The third-order valence-electron chi connectivity index (χ3n) is 3.61. The quantitative estimate of drug-likeness (QED) is 0.413. The largest absolute Gasteiger partial charge is 0.399 e. The fraction of sp³-hybridized carbons (Fsp3) is 0.176. The highest BCUT2D eigenvalue weighted by atomic mass is 15.2. The molecule has 0 unspecified atom stereocenters. The molecule has 2 heterocycles. The monoisotopic (exact) mass is 308 g/mol. The maximum absolute atomic E-state index is 5.78. The van der Waals surface area contributed by atoms with Gasteiger partial charge in [0.25, 0.3) is 0 Å². The average Bonchev–Trinajstić information content (AvgIpc) is 3.00. The highest BCUT2D eigenvalue weighted by molar-refractivity contribution is 5.88. The summed E-state index contributed by atoms with van der Waals surface area (Å²) in [5.41, 5.74) is 16.1. The lowest BCUT2D eigenvalue weighted by atomic mass is 10.0. The van der Waals surface area contributed by atoms with Gasteiger partial charge in [0.2, 0.25) is 0 Å². The van der Waals surface area contributed by atoms with Gasteiger partial charge in [-0.05, 0) is 42.8 Å². The standard InChI is InChI=1S/C17H20N6/c18-8-1-9-21-17-15(12-6-10-20-11-7-12)16(22-23-17)13-2-4-14(19)5-3-13/h2-7,10-11H,1,8-9,18-19H2,(H2,21,22,23). The predicted octanol–water partition coefficient (Wildman–Crippen LogP) is 2.48. The Balaban J connectivity index is 2.04. The zero-order chi connectivity index (χ0) is 16.1. The molecule has 1 aromatic carbocycles. The first-order valence-electron chi connectivity index (χ1n) is 7.58. The minimum Gasteiger partial charge on any atom is -0.399 e. The van der Waals surface area contributed by atoms with Gasteiger partial charge in [-0.15, -0.1) is 0 Å². The Kier molecular flexibility index (Phi) is 4.54. The molecule has 118 valence electrons. The first-order valence-corrected chi connectivity index (χ1v) is 7.58. The number of benzene rings is 1. The number of nitrogen functional groups attached to an aromatic ring is 1. The molecule has 0 aliphatic heterocycles. The molecule has 3 aromatic rings. The Labute approximate surface area is 134 Å². The van der Waals surface area contributed by atoms with Crippen molar-refractivity contribution >= 4 is 11.5 Å². The molecule has 2 aromatic heterocycles. The molecule has 0 saturated carbocycles. The van der Waals surface area contributed by atoms with Crippen molar-refractivity contribution in [2.45, 2.75) is 6.42 Å². The smallest absolute Gasteiger partial charge is 0.156 e. The second kappa shape index (κ2) is 6.93. The molecule has 0 fully saturated rings. The van der Waals surface area contributed by atoms with Crippen LogP contribution in [-0.2, 0) is 0 Å². The first-order chi connectivity index (χ1) is 11.3. The minimum absolute atomic E-state index is 0.646. The van der Waals surface area contributed by atoms with E-state index in [4.69, 9.17) is 11.5 Å². The minimum atomic E-state index is 0.646. The Morgan fingerprint density at radius 3 is 2.43 bits per heavy atom. The van der Waals surface area contributed by atoms with Crippen LogP contribution in [0.1, 0.15) is 6.42 Å². The SMILES string of the molecule is NCCCNc1n[nH]c(-c2ccc(N)cc2)c1-c1ccncc1. The molecule has 23 heavy (non-hydrogen) atoms. The summed E-state index contributed by atoms with van der Waals surface area (Å²) in [7, 11) is 0. The summed E-state index contributed by atoms with van der Waals surface area (Å²) in [6.07, 6.45) is 4.44. The third-order valence-corrected chi connectivity index (χ3v) is 3.61. The van der Waals surface area contributed by atoms with Crippen LogP contribution in [0.15, 0.2) is 48.8 Å². The lowest BCUT2D eigenvalue weighted by Crippen LogP contribution is -2.09. The van der Waals surface area contributed by atoms with Gasteiger partial charge in [0.05, 0.1) is 11.3 Å². The van der Waals surface area contributed by atoms with Gasteiger partial charge in [0, 0.05) is 30.2 Å². The molecule has 3 rings (SSSR count). The van der Waals surface area contributed by atoms with Crippen molar-refractivity contribution in [3.8, 4) is 22.4 Å². The summed E-state index contributed by atoms with van der Waals surface area (Å²) in [5.74, 6) is 0.816. The summed E-state index contributed by atoms with van der Waals surface area (Å²) in [5, 5.41) is 10.9. The van der Waals surface area contributed by atoms with Crippen molar-refractivity contribution in [3.63, 3.8) is 0 Å². The topological polar surface area (TPSA) is 106 Å². The zero-order valence-electron chi connectivity index (χ0n) is 12.8. The average molecular weight is 308 g/mol. The molecule has 0 bridgehead atoms. The zero-order valence-corrected chi connectivity index (χ0v) is 12.8. The van der Waals surface area contributed by atoms with Crippen LogP contribution in [0.3, 0.4) is 0 Å². The Morgan fingerprint density at radius 1 is 1.00 bits per heavy atom. The lowest BCUT2D eigenvalue weighted by molar-refractivity contribution is 0.868. The third kappa shape index (κ3) is 3.32. The molecule has 6 nitrogen and oxygen atoms in total. The van der Waals surface area contributed by atoms with E-state index >= 15 is 0 Å². The number of nitrogens with two attached hydrogens (primary N) is 2. The first kappa shape index (κ1) is 15.1. The van der Waals surface area contributed by atoms with Crippen molar-refractivity contribution in [3.05, 3.63) is 48.8 Å². The number of aromatic amines is 1. The number of hydrogen-bond donors (Lipinski definition) is 4. The van der Waals surface area contributed by atoms with Gasteiger partial charge in [-0.3, -0.25) is 10.1 Å². The molecule has 0 atom stereocenters. The molecule has 0 spiro atoms. The maximum atomic E-state index is 5.78. The molecular weight excluding hydrogens is 288 g/mol. The highest BCUT2D eigenvalue weighted by Crippen LogP contribution is 2.35. The van der Waals surface area contributed by atoms with Gasteiger partial charge < -0.3 is 16.8 Å². The van der Waals surface area contributed by atoms with E-state index in [2.05, 4.69) is 20.5 Å². The van der Waals surface area contributed by atoms with Crippen LogP contribution in [0.25, 0.3) is 22.4 Å². The van der Waals surface area contributed by atoms with Crippen molar-refractivity contribution < 1.29 is 0 Å². The molecule has 0 saturated heterocycles. The van der Waals surface area contributed by atoms with Gasteiger partial charge >= 0.3 is 0 Å². The van der Waals surface area contributed by atoms with Crippen LogP contribution < -0.4 is 16.8 Å². The van der Waals surface area contributed by atoms with Crippen LogP contribution in [0.2, 0.25) is 0 Å². The second-order valence-electron chi connectivity index (χ2n) is 5.25. The summed E-state index contributed by atoms with van der Waals surface area (Å²) in [6.45, 7) is 1.42. The highest BCUT2D eigenvalue weighted by Gasteiger charge is 2.16. The number of nitrogens with zero attached hydrogens (tertiary/aromatic N) is 2. The molecule has 0 aliphatic rings. The van der Waals surface area contributed by atoms with Crippen molar-refractivity contribution in [2.75, 3.05) is 24.1 Å². The van der Waals surface area contributed by atoms with E-state index in [-0.39, 0.29) is 0 Å². The van der Waals surface area contributed by atoms with Crippen LogP contribution >= 0.6 is 0 Å². The molecule has 6 heteroatoms. The van der Waals surface area contributed by atoms with Gasteiger partial charge in [-0.1, -0.05) is 12.1 Å². The second-order valence-corrected chi connectivity index (χ2v) is 5.25. The van der Waals surface area contributed by atoms with Gasteiger partial charge in [-0.25, -0.2) is 0 Å². The van der Waals surface area contributed by atoms with Crippen molar-refractivity contribution in [1.82, 2.24) is 15.2 Å². The molecule has 0 radical (unpaired) electrons. The Bertz CT molecular complexity index is 749. The summed E-state index contributed by atoms with van der Waals surface area (Å²) in [6, 6.07) is 11.7. The molecule has 0 amide bonds. The van der Waals surface area contributed by atoms with E-state index in [1.807, 2.05) is 36.4 Å². The number of nitrogens with one attached hydrogen (secondary N) is 2. The van der Waals surface area contributed by atoms with Crippen molar-refractivity contribution in [1.29, 1.82) is 0 Å². The van der Waals surface area contributed by atoms with E-state index in [0.717, 1.165) is 46.9 Å². The van der Waals surface area contributed by atoms with Crippen LogP contribution in [0.4, 0.5) is 11.5 Å². The van der Waals surface area contributed by atoms with Crippen LogP contribution in [0.5, 0.6) is 0 Å². The lowest BCUT2D eigenvalue weighted by Gasteiger charge is -2.08. The van der Waals surface area contributed by atoms with E-state index in [9.17, 15) is 0 Å². The Morgan fingerprint density at radius 2 is 1.74 bits per heavy atom. The van der Waals surface area contributed by atoms with E-state index in [0.29, 0.717) is 6.54 Å². The molecule has 0 aliphatic carbocycles. The number of rotatable bonds is 6. The van der Waals surface area contributed by atoms with Crippen molar-refractivity contribution in [2.24, 2.45) is 5.73 Å². The van der Waals surface area contributed by atoms with Gasteiger partial charge in [-0.2, -0.15) is 5.10 Å². The summed E-state index contributed by atoms with van der Waals surface area (Å²) < 4.78 is 0. The molecular formula is C17H20N6. The number of hydrogen-bond acceptors (Lipinski definition) is 5. The number of anilines is 2. The van der Waals surface area contributed by atoms with E-state index < -0.39 is 0 Å². The Hall–Kier alpha value is -2.86. The van der Waals surface area contributed by atoms with Gasteiger partial charge in [0.1, 0.15) is 0 Å². The van der Waals surface area contributed by atoms with E-state index in [1.165, 1.54) is 0 Å². The fourth-order valence-electron chi connectivity index (χ4n) is 2.44. The summed E-state index contributed by atoms with van der Waals surface area (Å²) in [4.78, 5) is 4.09. The van der Waals surface area contributed by atoms with Crippen LogP contribution in [-0.4, -0.2) is 28.3 Å². The molecule has 6 N–H and O–H groups in total. The van der Waals surface area contributed by atoms with Gasteiger partial charge in [0.15, 0.2) is 5.82 Å². The predicted molar refractivity (Wildman–Crippen MR) is 93.8 cm³/mol. The number of pyridine rings is 1. The normalized spacial score (nSPS) is 10.7. The number of aromatic nitrogens is 3. The van der Waals surface area contributed by atoms with E-state index in [1.54, 1.807) is 12.4 Å². The maximum Gasteiger partial charge on any atom is 0.156 e. The van der Waals surface area contributed by atoms with Crippen LogP contribution in [0, 0.1) is 0 Å².